The Morgan fingerprint density at radius 2 is 1.76 bits per heavy atom. The summed E-state index contributed by atoms with van der Waals surface area (Å²) in [5.74, 6) is -0.337. The van der Waals surface area contributed by atoms with Gasteiger partial charge in [0.15, 0.2) is 14.1 Å². The lowest BCUT2D eigenvalue weighted by Crippen LogP contribution is -2.51. The standard InChI is InChI=1S/C33H54BrNO5SSi/c1-22(14-13-15-23(2)20-36)16-17-28(24(3)18-27-21-41-26(5)35-27)39-30(37)19-29(33(9,10)31(38)25(4)34)40-42(11,12)32(6,7)8/h16,18,20-21,23,25,28-29H,13-15,17,19H2,1-12H3/t23?,25?,28?,29-/m0/s1. The molecule has 0 saturated heterocycles. The molecule has 0 N–H and O–H groups in total. The zero-order chi connectivity index (χ0) is 32.5. The summed E-state index contributed by atoms with van der Waals surface area (Å²) in [4.78, 5) is 42.0. The van der Waals surface area contributed by atoms with Crippen LogP contribution in [0.5, 0.6) is 0 Å². The van der Waals surface area contributed by atoms with Gasteiger partial charge in [0.25, 0.3) is 0 Å². The summed E-state index contributed by atoms with van der Waals surface area (Å²) in [7, 11) is -2.31. The molecule has 0 aliphatic carbocycles. The minimum atomic E-state index is -2.31. The van der Waals surface area contributed by atoms with Crippen LogP contribution in [0.25, 0.3) is 6.08 Å². The number of allylic oxidation sites excluding steroid dienone is 1. The number of alkyl halides is 1. The summed E-state index contributed by atoms with van der Waals surface area (Å²) in [5, 5.41) is 2.88. The number of halogens is 1. The molecule has 0 bridgehead atoms. The van der Waals surface area contributed by atoms with Crippen molar-refractivity contribution in [1.82, 2.24) is 4.98 Å². The Labute approximate surface area is 268 Å². The molecular weight excluding hydrogens is 630 g/mol. The third kappa shape index (κ3) is 12.3. The van der Waals surface area contributed by atoms with Crippen LogP contribution in [0.3, 0.4) is 0 Å². The van der Waals surface area contributed by atoms with Crippen molar-refractivity contribution in [3.05, 3.63) is 33.3 Å². The van der Waals surface area contributed by atoms with Crippen molar-refractivity contribution >= 4 is 59.7 Å². The van der Waals surface area contributed by atoms with Gasteiger partial charge in [-0.15, -0.1) is 11.3 Å². The first-order valence-electron chi connectivity index (χ1n) is 15.0. The number of ketones is 1. The largest absolute Gasteiger partial charge is 0.457 e. The summed E-state index contributed by atoms with van der Waals surface area (Å²) in [6.45, 7) is 24.2. The molecule has 0 saturated carbocycles. The molecule has 0 amide bonds. The minimum Gasteiger partial charge on any atom is -0.457 e. The van der Waals surface area contributed by atoms with Crippen molar-refractivity contribution in [3.63, 3.8) is 0 Å². The Bertz CT molecular complexity index is 1120. The van der Waals surface area contributed by atoms with E-state index in [1.54, 1.807) is 11.3 Å². The number of aldehydes is 1. The molecule has 6 nitrogen and oxygen atoms in total. The summed E-state index contributed by atoms with van der Waals surface area (Å²) < 4.78 is 12.9. The third-order valence-electron chi connectivity index (χ3n) is 8.33. The number of hydrogen-bond acceptors (Lipinski definition) is 7. The molecule has 1 heterocycles. The van der Waals surface area contributed by atoms with Gasteiger partial charge < -0.3 is 14.0 Å². The fourth-order valence-corrected chi connectivity index (χ4v) is 6.89. The van der Waals surface area contributed by atoms with Crippen LogP contribution in [0.1, 0.15) is 105 Å². The second kappa shape index (κ2) is 16.6. The van der Waals surface area contributed by atoms with Crippen molar-refractivity contribution in [2.45, 2.75) is 137 Å². The fraction of sp³-hybridized carbons (Fsp3) is 0.697. The lowest BCUT2D eigenvalue weighted by atomic mass is 9.79. The zero-order valence-electron chi connectivity index (χ0n) is 27.9. The van der Waals surface area contributed by atoms with Crippen molar-refractivity contribution in [2.75, 3.05) is 0 Å². The van der Waals surface area contributed by atoms with Gasteiger partial charge in [0.05, 0.1) is 28.1 Å². The van der Waals surface area contributed by atoms with Crippen LogP contribution in [0.4, 0.5) is 0 Å². The Morgan fingerprint density at radius 1 is 1.14 bits per heavy atom. The molecule has 1 aromatic rings. The van der Waals surface area contributed by atoms with E-state index < -0.39 is 25.9 Å². The number of carbonyl (C=O) groups excluding carboxylic acids is 3. The molecule has 238 valence electrons. The lowest BCUT2D eigenvalue weighted by molar-refractivity contribution is -0.152. The van der Waals surface area contributed by atoms with Crippen LogP contribution < -0.4 is 0 Å². The number of esters is 1. The summed E-state index contributed by atoms with van der Waals surface area (Å²) in [5.41, 5.74) is 2.05. The Hall–Kier alpha value is -1.42. The fourth-order valence-electron chi connectivity index (χ4n) is 4.29. The lowest BCUT2D eigenvalue weighted by Gasteiger charge is -2.43. The van der Waals surface area contributed by atoms with Crippen molar-refractivity contribution in [3.8, 4) is 0 Å². The average molecular weight is 685 g/mol. The number of ether oxygens (including phenoxy) is 1. The average Bonchev–Trinajstić information content (AvgIpc) is 3.28. The number of thiazole rings is 1. The molecule has 0 spiro atoms. The number of carbonyl (C=O) groups is 3. The van der Waals surface area contributed by atoms with Crippen molar-refractivity contribution < 1.29 is 23.5 Å². The van der Waals surface area contributed by atoms with Gasteiger partial charge in [-0.05, 0) is 76.7 Å². The first kappa shape index (κ1) is 38.6. The number of aromatic nitrogens is 1. The number of rotatable bonds is 17. The molecular formula is C33H54BrNO5SSi. The van der Waals surface area contributed by atoms with Gasteiger partial charge in [-0.25, -0.2) is 4.98 Å². The summed E-state index contributed by atoms with van der Waals surface area (Å²) in [6, 6.07) is 0. The highest BCUT2D eigenvalue weighted by molar-refractivity contribution is 9.10. The highest BCUT2D eigenvalue weighted by Gasteiger charge is 2.47. The molecule has 3 unspecified atom stereocenters. The Kier molecular flexibility index (Phi) is 15.3. The number of hydrogen-bond donors (Lipinski definition) is 0. The van der Waals surface area contributed by atoms with Crippen LogP contribution >= 0.6 is 27.3 Å². The zero-order valence-corrected chi connectivity index (χ0v) is 31.3. The molecule has 42 heavy (non-hydrogen) atoms. The van der Waals surface area contributed by atoms with Crippen molar-refractivity contribution in [1.29, 1.82) is 0 Å². The van der Waals surface area contributed by atoms with E-state index in [4.69, 9.17) is 9.16 Å². The minimum absolute atomic E-state index is 0.00649. The smallest absolute Gasteiger partial charge is 0.309 e. The summed E-state index contributed by atoms with van der Waals surface area (Å²) in [6.07, 6.45) is 7.17. The molecule has 1 aromatic heterocycles. The molecule has 0 aliphatic heterocycles. The van der Waals surface area contributed by atoms with Gasteiger partial charge in [-0.3, -0.25) is 9.59 Å². The van der Waals surface area contributed by atoms with E-state index in [1.165, 1.54) is 5.57 Å². The SMILES string of the molecule is CC(=CCC(OC(=O)C[C@H](O[Si](C)(C)C(C)(C)C)C(C)(C)C(=O)C(C)Br)C(C)=Cc1csc(C)n1)CCCC(C)C=O. The Morgan fingerprint density at radius 3 is 2.26 bits per heavy atom. The van der Waals surface area contributed by atoms with Crippen LogP contribution in [-0.4, -0.2) is 48.4 Å². The maximum atomic E-state index is 13.6. The predicted molar refractivity (Wildman–Crippen MR) is 182 cm³/mol. The molecule has 1 rings (SSSR count). The van der Waals surface area contributed by atoms with Gasteiger partial charge in [0.1, 0.15) is 12.4 Å². The molecule has 9 heteroatoms. The Balaban J connectivity index is 3.28. The van der Waals surface area contributed by atoms with E-state index in [0.717, 1.165) is 41.8 Å². The van der Waals surface area contributed by atoms with Crippen molar-refractivity contribution in [2.24, 2.45) is 11.3 Å². The van der Waals surface area contributed by atoms with E-state index in [1.807, 2.05) is 53.0 Å². The predicted octanol–water partition coefficient (Wildman–Crippen LogP) is 9.27. The number of Topliss-reactive ketones (excluding diaryl/α,β-unsaturated/α-hetero) is 1. The highest BCUT2D eigenvalue weighted by atomic mass is 79.9. The summed E-state index contributed by atoms with van der Waals surface area (Å²) >= 11 is 5.02. The third-order valence-corrected chi connectivity index (χ3v) is 14.0. The maximum Gasteiger partial charge on any atom is 0.309 e. The first-order chi connectivity index (χ1) is 19.2. The van der Waals surface area contributed by atoms with Gasteiger partial charge >= 0.3 is 5.97 Å². The van der Waals surface area contributed by atoms with E-state index in [9.17, 15) is 14.4 Å². The normalized spacial score (nSPS) is 16.5. The van der Waals surface area contributed by atoms with Crippen LogP contribution in [0.2, 0.25) is 18.1 Å². The van der Waals surface area contributed by atoms with E-state index >= 15 is 0 Å². The van der Waals surface area contributed by atoms with Crippen LogP contribution in [0, 0.1) is 18.3 Å². The van der Waals surface area contributed by atoms with Gasteiger partial charge in [0, 0.05) is 23.1 Å². The first-order valence-corrected chi connectivity index (χ1v) is 19.7. The number of aryl methyl sites for hydroxylation is 1. The van der Waals surface area contributed by atoms with E-state index in [2.05, 4.69) is 67.8 Å². The molecule has 0 aliphatic rings. The van der Waals surface area contributed by atoms with E-state index in [0.29, 0.717) is 6.42 Å². The van der Waals surface area contributed by atoms with Crippen LogP contribution in [-0.2, 0) is 23.5 Å². The quantitative estimate of drug-likeness (QED) is 0.0535. The van der Waals surface area contributed by atoms with Gasteiger partial charge in [0.2, 0.25) is 0 Å². The maximum absolute atomic E-state index is 13.6. The molecule has 4 atom stereocenters. The molecule has 0 fully saturated rings. The second-order valence-corrected chi connectivity index (χ2v) is 20.9. The monoisotopic (exact) mass is 683 g/mol. The topological polar surface area (TPSA) is 82.6 Å². The second-order valence-electron chi connectivity index (χ2n) is 13.7. The van der Waals surface area contributed by atoms with E-state index in [-0.39, 0.29) is 34.0 Å². The van der Waals surface area contributed by atoms with Crippen LogP contribution in [0.15, 0.2) is 22.6 Å². The molecule has 0 radical (unpaired) electrons. The van der Waals surface area contributed by atoms with Gasteiger partial charge in [-0.2, -0.15) is 0 Å². The number of nitrogens with zero attached hydrogens (tertiary/aromatic N) is 1. The molecule has 0 aromatic carbocycles. The van der Waals surface area contributed by atoms with Gasteiger partial charge in [-0.1, -0.05) is 69.1 Å². The highest BCUT2D eigenvalue weighted by Crippen LogP contribution is 2.41.